The molecule has 0 radical (unpaired) electrons. The summed E-state index contributed by atoms with van der Waals surface area (Å²) < 4.78 is 0. The molecule has 0 amide bonds. The number of hydrogen-bond acceptors (Lipinski definition) is 2. The lowest BCUT2D eigenvalue weighted by atomic mass is 9.86. The first-order valence-corrected chi connectivity index (χ1v) is 10.4. The molecule has 0 bridgehead atoms. The van der Waals surface area contributed by atoms with E-state index in [9.17, 15) is 0 Å². The van der Waals surface area contributed by atoms with Gasteiger partial charge in [-0.2, -0.15) is 0 Å². The molecule has 3 aliphatic rings. The molecule has 3 rings (SSSR count). The van der Waals surface area contributed by atoms with Crippen molar-refractivity contribution in [1.29, 1.82) is 0 Å². The van der Waals surface area contributed by atoms with Gasteiger partial charge in [0.1, 0.15) is 0 Å². The summed E-state index contributed by atoms with van der Waals surface area (Å²) in [4.78, 5) is 9.70. The topological polar surface area (TPSA) is 30.9 Å². The number of nitrogens with zero attached hydrogens (tertiary/aromatic N) is 3. The second-order valence-corrected chi connectivity index (χ2v) is 8.58. The molecule has 1 N–H and O–H groups in total. The van der Waals surface area contributed by atoms with Crippen LogP contribution in [0.1, 0.15) is 64.7 Å². The molecule has 138 valence electrons. The summed E-state index contributed by atoms with van der Waals surface area (Å²) in [7, 11) is 1.94. The lowest BCUT2D eigenvalue weighted by Gasteiger charge is -2.30. The van der Waals surface area contributed by atoms with Crippen LogP contribution in [0.5, 0.6) is 0 Å². The number of unbranched alkanes of at least 4 members (excludes halogenated alkanes) is 1. The molecular weight excluding hydrogens is 296 g/mol. The quantitative estimate of drug-likeness (QED) is 0.475. The van der Waals surface area contributed by atoms with E-state index in [4.69, 9.17) is 0 Å². The van der Waals surface area contributed by atoms with Gasteiger partial charge >= 0.3 is 0 Å². The number of likely N-dealkylation sites (tertiary alicyclic amines) is 2. The summed E-state index contributed by atoms with van der Waals surface area (Å²) in [5.41, 5.74) is 0.628. The van der Waals surface area contributed by atoms with Crippen LogP contribution in [0.15, 0.2) is 4.99 Å². The molecule has 1 aliphatic carbocycles. The Bertz CT molecular complexity index is 406. The maximum atomic E-state index is 4.54. The zero-order chi connectivity index (χ0) is 16.8. The molecule has 0 aromatic carbocycles. The van der Waals surface area contributed by atoms with Crippen molar-refractivity contribution in [1.82, 2.24) is 15.1 Å². The summed E-state index contributed by atoms with van der Waals surface area (Å²) in [6.45, 7) is 9.80. The van der Waals surface area contributed by atoms with E-state index in [1.807, 2.05) is 7.05 Å². The average Bonchev–Trinajstić information content (AvgIpc) is 3.23. The minimum atomic E-state index is 0.628. The van der Waals surface area contributed by atoms with Gasteiger partial charge in [-0.3, -0.25) is 4.99 Å². The molecule has 0 atom stereocenters. The Hall–Kier alpha value is -0.770. The third-order valence-electron chi connectivity index (χ3n) is 6.67. The fourth-order valence-corrected chi connectivity index (χ4v) is 4.93. The SMILES string of the molecule is CN=C(NCCCCN1CCC(C)CC1)N1CCC2(CCCC2)C1. The summed E-state index contributed by atoms with van der Waals surface area (Å²) in [6, 6.07) is 0. The maximum Gasteiger partial charge on any atom is 0.193 e. The summed E-state index contributed by atoms with van der Waals surface area (Å²) in [6.07, 6.45) is 12.5. The second kappa shape index (κ2) is 8.55. The Kier molecular flexibility index (Phi) is 6.43. The molecule has 1 saturated carbocycles. The molecule has 0 aromatic heterocycles. The molecule has 2 aliphatic heterocycles. The van der Waals surface area contributed by atoms with Crippen molar-refractivity contribution in [2.24, 2.45) is 16.3 Å². The van der Waals surface area contributed by atoms with Crippen molar-refractivity contribution in [2.75, 3.05) is 46.3 Å². The van der Waals surface area contributed by atoms with Gasteiger partial charge in [-0.05, 0) is 75.9 Å². The monoisotopic (exact) mass is 334 g/mol. The van der Waals surface area contributed by atoms with Gasteiger partial charge in [0.05, 0.1) is 0 Å². The van der Waals surface area contributed by atoms with Crippen molar-refractivity contribution in [3.05, 3.63) is 0 Å². The van der Waals surface area contributed by atoms with Gasteiger partial charge in [-0.15, -0.1) is 0 Å². The zero-order valence-corrected chi connectivity index (χ0v) is 16.0. The maximum absolute atomic E-state index is 4.54. The van der Waals surface area contributed by atoms with E-state index in [1.165, 1.54) is 90.5 Å². The third kappa shape index (κ3) is 4.65. The second-order valence-electron chi connectivity index (χ2n) is 8.58. The number of guanidine groups is 1. The highest BCUT2D eigenvalue weighted by molar-refractivity contribution is 5.80. The van der Waals surface area contributed by atoms with Crippen molar-refractivity contribution in [3.63, 3.8) is 0 Å². The Morgan fingerprint density at radius 2 is 1.83 bits per heavy atom. The van der Waals surface area contributed by atoms with Crippen LogP contribution >= 0.6 is 0 Å². The molecule has 24 heavy (non-hydrogen) atoms. The van der Waals surface area contributed by atoms with Gasteiger partial charge in [0.25, 0.3) is 0 Å². The summed E-state index contributed by atoms with van der Waals surface area (Å²) in [5, 5.41) is 3.62. The molecule has 2 saturated heterocycles. The standard InChI is InChI=1S/C20H38N4/c1-18-7-14-23(15-8-18)13-6-5-12-22-19(21-2)24-16-11-20(17-24)9-3-4-10-20/h18H,3-17H2,1-2H3,(H,21,22). The normalized spacial score (nSPS) is 25.8. The van der Waals surface area contributed by atoms with Gasteiger partial charge in [-0.1, -0.05) is 19.8 Å². The van der Waals surface area contributed by atoms with E-state index in [2.05, 4.69) is 27.0 Å². The fraction of sp³-hybridized carbons (Fsp3) is 0.950. The predicted octanol–water partition coefficient (Wildman–Crippen LogP) is 3.34. The van der Waals surface area contributed by atoms with E-state index in [1.54, 1.807) is 0 Å². The van der Waals surface area contributed by atoms with Gasteiger partial charge in [0.2, 0.25) is 0 Å². The van der Waals surface area contributed by atoms with Gasteiger partial charge in [-0.25, -0.2) is 0 Å². The Labute approximate surface area is 149 Å². The number of nitrogens with one attached hydrogen (secondary N) is 1. The minimum absolute atomic E-state index is 0.628. The van der Waals surface area contributed by atoms with Crippen molar-refractivity contribution < 1.29 is 0 Å². The smallest absolute Gasteiger partial charge is 0.193 e. The molecule has 1 spiro atoms. The molecule has 4 nitrogen and oxygen atoms in total. The van der Waals surface area contributed by atoms with Crippen LogP contribution in [0.4, 0.5) is 0 Å². The van der Waals surface area contributed by atoms with Crippen LogP contribution < -0.4 is 5.32 Å². The van der Waals surface area contributed by atoms with Gasteiger partial charge < -0.3 is 15.1 Å². The minimum Gasteiger partial charge on any atom is -0.356 e. The highest BCUT2D eigenvalue weighted by atomic mass is 15.3. The first kappa shape index (κ1) is 18.0. The first-order valence-electron chi connectivity index (χ1n) is 10.4. The van der Waals surface area contributed by atoms with Crippen LogP contribution in [0.3, 0.4) is 0 Å². The lowest BCUT2D eigenvalue weighted by molar-refractivity contribution is 0.189. The molecule has 0 unspecified atom stereocenters. The Morgan fingerprint density at radius 3 is 2.54 bits per heavy atom. The lowest BCUT2D eigenvalue weighted by Crippen LogP contribution is -2.41. The van der Waals surface area contributed by atoms with Gasteiger partial charge in [0, 0.05) is 26.7 Å². The van der Waals surface area contributed by atoms with E-state index >= 15 is 0 Å². The molecule has 4 heteroatoms. The summed E-state index contributed by atoms with van der Waals surface area (Å²) >= 11 is 0. The first-order chi connectivity index (χ1) is 11.7. The van der Waals surface area contributed by atoms with Crippen molar-refractivity contribution in [3.8, 4) is 0 Å². The van der Waals surface area contributed by atoms with E-state index in [0.29, 0.717) is 5.41 Å². The highest BCUT2D eigenvalue weighted by Gasteiger charge is 2.40. The van der Waals surface area contributed by atoms with Gasteiger partial charge in [0.15, 0.2) is 5.96 Å². The Balaban J connectivity index is 1.31. The molecular formula is C20H38N4. The average molecular weight is 335 g/mol. The van der Waals surface area contributed by atoms with Crippen LogP contribution in [0, 0.1) is 11.3 Å². The number of hydrogen-bond donors (Lipinski definition) is 1. The van der Waals surface area contributed by atoms with Crippen LogP contribution in [0.2, 0.25) is 0 Å². The van der Waals surface area contributed by atoms with E-state index in [0.717, 1.165) is 18.4 Å². The fourth-order valence-electron chi connectivity index (χ4n) is 4.93. The van der Waals surface area contributed by atoms with Crippen LogP contribution in [-0.2, 0) is 0 Å². The van der Waals surface area contributed by atoms with Crippen molar-refractivity contribution >= 4 is 5.96 Å². The highest BCUT2D eigenvalue weighted by Crippen LogP contribution is 2.45. The molecule has 3 fully saturated rings. The van der Waals surface area contributed by atoms with E-state index < -0.39 is 0 Å². The van der Waals surface area contributed by atoms with Crippen molar-refractivity contribution in [2.45, 2.75) is 64.7 Å². The largest absolute Gasteiger partial charge is 0.356 e. The Morgan fingerprint density at radius 1 is 1.08 bits per heavy atom. The molecule has 0 aromatic rings. The third-order valence-corrected chi connectivity index (χ3v) is 6.67. The summed E-state index contributed by atoms with van der Waals surface area (Å²) in [5.74, 6) is 2.08. The molecule has 2 heterocycles. The number of aliphatic imine (C=N–C) groups is 1. The number of rotatable bonds is 5. The van der Waals surface area contributed by atoms with Crippen LogP contribution in [-0.4, -0.2) is 62.1 Å². The number of piperidine rings is 1. The van der Waals surface area contributed by atoms with E-state index in [-0.39, 0.29) is 0 Å². The van der Waals surface area contributed by atoms with Crippen LogP contribution in [0.25, 0.3) is 0 Å². The predicted molar refractivity (Wildman–Crippen MR) is 103 cm³/mol. The zero-order valence-electron chi connectivity index (χ0n) is 16.0.